The number of hydrogen-bond acceptors (Lipinski definition) is 4. The van der Waals surface area contributed by atoms with E-state index in [0.717, 1.165) is 29.3 Å². The molecule has 0 radical (unpaired) electrons. The molecule has 16 heavy (non-hydrogen) atoms. The van der Waals surface area contributed by atoms with Crippen molar-refractivity contribution in [3.8, 4) is 5.75 Å². The molecule has 0 saturated heterocycles. The molecule has 1 aliphatic heterocycles. The van der Waals surface area contributed by atoms with Gasteiger partial charge < -0.3 is 9.64 Å². The second-order valence-electron chi connectivity index (χ2n) is 3.89. The Labute approximate surface area is 97.6 Å². The molecule has 0 aromatic carbocycles. The van der Waals surface area contributed by atoms with E-state index in [-0.39, 0.29) is 0 Å². The number of anilines is 1. The van der Waals surface area contributed by atoms with Crippen LogP contribution in [0.15, 0.2) is 6.20 Å². The summed E-state index contributed by atoms with van der Waals surface area (Å²) in [5, 5.41) is 4.70. The van der Waals surface area contributed by atoms with Crippen LogP contribution in [0.4, 0.5) is 5.69 Å². The fourth-order valence-corrected chi connectivity index (χ4v) is 2.23. The van der Waals surface area contributed by atoms with Crippen LogP contribution in [0.2, 0.25) is 5.15 Å². The zero-order valence-corrected chi connectivity index (χ0v) is 9.82. The smallest absolute Gasteiger partial charge is 0.198 e. The van der Waals surface area contributed by atoms with Crippen molar-refractivity contribution in [2.45, 2.75) is 6.92 Å². The number of halogens is 1. The van der Waals surface area contributed by atoms with Gasteiger partial charge in [-0.2, -0.15) is 5.10 Å². The maximum Gasteiger partial charge on any atom is 0.198 e. The average Bonchev–Trinajstić information content (AvgIpc) is 2.58. The number of aromatic nitrogens is 3. The maximum absolute atomic E-state index is 6.14. The predicted octanol–water partition coefficient (Wildman–Crippen LogP) is 1.52. The van der Waals surface area contributed by atoms with Crippen LogP contribution >= 0.6 is 11.6 Å². The zero-order valence-electron chi connectivity index (χ0n) is 9.07. The van der Waals surface area contributed by atoms with Gasteiger partial charge in [-0.3, -0.25) is 0 Å². The standard InChI is InChI=1S/C10H11ClN4O/c1-6-5-15-10(12-6)8-7(9(11)13-15)14(2)3-4-16-8/h5H,3-4H2,1-2H3. The first-order chi connectivity index (χ1) is 7.66. The minimum Gasteiger partial charge on any atom is -0.486 e. The first-order valence-corrected chi connectivity index (χ1v) is 5.44. The van der Waals surface area contributed by atoms with E-state index in [1.165, 1.54) is 0 Å². The summed E-state index contributed by atoms with van der Waals surface area (Å²) in [4.78, 5) is 6.43. The third kappa shape index (κ3) is 1.24. The van der Waals surface area contributed by atoms with Gasteiger partial charge in [0.25, 0.3) is 0 Å². The van der Waals surface area contributed by atoms with E-state index in [0.29, 0.717) is 11.8 Å². The van der Waals surface area contributed by atoms with E-state index in [2.05, 4.69) is 10.1 Å². The van der Waals surface area contributed by atoms with Crippen molar-refractivity contribution < 1.29 is 4.74 Å². The lowest BCUT2D eigenvalue weighted by molar-refractivity contribution is 0.312. The molecule has 5 nitrogen and oxygen atoms in total. The van der Waals surface area contributed by atoms with Crippen molar-refractivity contribution in [1.29, 1.82) is 0 Å². The number of imidazole rings is 1. The molecule has 0 saturated carbocycles. The summed E-state index contributed by atoms with van der Waals surface area (Å²) in [5.41, 5.74) is 2.45. The molecule has 0 fully saturated rings. The Balaban J connectivity index is 2.38. The van der Waals surface area contributed by atoms with Crippen molar-refractivity contribution in [3.05, 3.63) is 17.0 Å². The molecule has 0 aliphatic carbocycles. The molecule has 2 aromatic rings. The normalized spacial score (nSPS) is 15.1. The number of hydrogen-bond donors (Lipinski definition) is 0. The van der Waals surface area contributed by atoms with Crippen LogP contribution in [0.5, 0.6) is 5.75 Å². The van der Waals surface area contributed by atoms with Crippen LogP contribution in [0.1, 0.15) is 5.69 Å². The molecule has 0 bridgehead atoms. The van der Waals surface area contributed by atoms with Gasteiger partial charge in [0.05, 0.1) is 18.4 Å². The summed E-state index contributed by atoms with van der Waals surface area (Å²) in [5.74, 6) is 0.724. The number of fused-ring (bicyclic) bond motifs is 3. The first kappa shape index (κ1) is 9.72. The number of aryl methyl sites for hydroxylation is 1. The molecule has 0 spiro atoms. The topological polar surface area (TPSA) is 42.7 Å². The number of likely N-dealkylation sites (N-methyl/N-ethyl adjacent to an activating group) is 1. The molecule has 84 valence electrons. The predicted molar refractivity (Wildman–Crippen MR) is 61.5 cm³/mol. The molecule has 0 unspecified atom stereocenters. The van der Waals surface area contributed by atoms with Crippen LogP contribution in [0, 0.1) is 6.92 Å². The van der Waals surface area contributed by atoms with Crippen molar-refractivity contribution in [1.82, 2.24) is 14.6 Å². The highest BCUT2D eigenvalue weighted by Gasteiger charge is 2.24. The van der Waals surface area contributed by atoms with Gasteiger partial charge in [0, 0.05) is 7.05 Å². The number of rotatable bonds is 0. The lowest BCUT2D eigenvalue weighted by Crippen LogP contribution is -2.30. The third-order valence-electron chi connectivity index (χ3n) is 2.67. The van der Waals surface area contributed by atoms with Crippen LogP contribution < -0.4 is 9.64 Å². The minimum atomic E-state index is 0.446. The minimum absolute atomic E-state index is 0.446. The van der Waals surface area contributed by atoms with Gasteiger partial charge in [0.15, 0.2) is 16.5 Å². The van der Waals surface area contributed by atoms with Gasteiger partial charge >= 0.3 is 0 Å². The van der Waals surface area contributed by atoms with Gasteiger partial charge in [-0.15, -0.1) is 0 Å². The second-order valence-corrected chi connectivity index (χ2v) is 4.25. The number of ether oxygens (including phenoxy) is 1. The van der Waals surface area contributed by atoms with Crippen LogP contribution in [-0.2, 0) is 0 Å². The van der Waals surface area contributed by atoms with Crippen molar-refractivity contribution in [2.75, 3.05) is 25.1 Å². The van der Waals surface area contributed by atoms with Crippen LogP contribution in [-0.4, -0.2) is 34.8 Å². The monoisotopic (exact) mass is 238 g/mol. The Bertz CT molecular complexity index is 565. The SMILES string of the molecule is Cc1cn2nc(Cl)c3c(c2n1)OCCN3C. The van der Waals surface area contributed by atoms with E-state index >= 15 is 0 Å². The highest BCUT2D eigenvalue weighted by Crippen LogP contribution is 2.38. The maximum atomic E-state index is 6.14. The molecule has 0 N–H and O–H groups in total. The highest BCUT2D eigenvalue weighted by molar-refractivity contribution is 6.32. The van der Waals surface area contributed by atoms with E-state index in [1.54, 1.807) is 4.52 Å². The summed E-state index contributed by atoms with van der Waals surface area (Å²) in [7, 11) is 1.97. The summed E-state index contributed by atoms with van der Waals surface area (Å²) in [6.45, 7) is 3.37. The van der Waals surface area contributed by atoms with Gasteiger partial charge in [-0.25, -0.2) is 9.50 Å². The zero-order chi connectivity index (χ0) is 11.3. The fraction of sp³-hybridized carbons (Fsp3) is 0.400. The highest BCUT2D eigenvalue weighted by atomic mass is 35.5. The van der Waals surface area contributed by atoms with E-state index in [1.807, 2.05) is 25.1 Å². The average molecular weight is 239 g/mol. The van der Waals surface area contributed by atoms with Crippen molar-refractivity contribution >= 4 is 22.9 Å². The van der Waals surface area contributed by atoms with E-state index < -0.39 is 0 Å². The van der Waals surface area contributed by atoms with Gasteiger partial charge in [0.1, 0.15) is 12.3 Å². The molecule has 1 aliphatic rings. The van der Waals surface area contributed by atoms with E-state index in [9.17, 15) is 0 Å². The lowest BCUT2D eigenvalue weighted by atomic mass is 10.3. The Morgan fingerprint density at radius 1 is 1.50 bits per heavy atom. The summed E-state index contributed by atoms with van der Waals surface area (Å²) < 4.78 is 7.31. The van der Waals surface area contributed by atoms with E-state index in [4.69, 9.17) is 16.3 Å². The first-order valence-electron chi connectivity index (χ1n) is 5.06. The molecule has 6 heteroatoms. The lowest BCUT2D eigenvalue weighted by Gasteiger charge is -2.27. The molecular formula is C10H11ClN4O. The Hall–Kier alpha value is -1.49. The molecule has 0 amide bonds. The largest absolute Gasteiger partial charge is 0.486 e. The summed E-state index contributed by atoms with van der Waals surface area (Å²) in [6.07, 6.45) is 1.83. The Morgan fingerprint density at radius 2 is 2.31 bits per heavy atom. The molecule has 3 heterocycles. The molecular weight excluding hydrogens is 228 g/mol. The quantitative estimate of drug-likeness (QED) is 0.698. The molecule has 0 atom stereocenters. The van der Waals surface area contributed by atoms with Crippen LogP contribution in [0.3, 0.4) is 0 Å². The van der Waals surface area contributed by atoms with Crippen molar-refractivity contribution in [3.63, 3.8) is 0 Å². The summed E-state index contributed by atoms with van der Waals surface area (Å²) >= 11 is 6.14. The van der Waals surface area contributed by atoms with Gasteiger partial charge in [-0.05, 0) is 6.92 Å². The Kier molecular flexibility index (Phi) is 1.97. The molecule has 2 aromatic heterocycles. The third-order valence-corrected chi connectivity index (χ3v) is 2.93. The van der Waals surface area contributed by atoms with Crippen molar-refractivity contribution in [2.24, 2.45) is 0 Å². The van der Waals surface area contributed by atoms with Gasteiger partial charge in [0.2, 0.25) is 0 Å². The molecule has 3 rings (SSSR count). The van der Waals surface area contributed by atoms with Crippen LogP contribution in [0.25, 0.3) is 5.65 Å². The Morgan fingerprint density at radius 3 is 3.12 bits per heavy atom. The summed E-state index contributed by atoms with van der Waals surface area (Å²) in [6, 6.07) is 0. The van der Waals surface area contributed by atoms with Gasteiger partial charge in [-0.1, -0.05) is 11.6 Å². The number of nitrogens with zero attached hydrogens (tertiary/aromatic N) is 4. The second kappa shape index (κ2) is 3.25. The fourth-order valence-electron chi connectivity index (χ4n) is 1.92.